The highest BCUT2D eigenvalue weighted by Crippen LogP contribution is 2.27. The highest BCUT2D eigenvalue weighted by molar-refractivity contribution is 5.98. The SMILES string of the molecule is CNc1ncccc1C(=O)N(CCCO)C1CCC1. The molecule has 1 saturated carbocycles. The fourth-order valence-electron chi connectivity index (χ4n) is 2.32. The maximum absolute atomic E-state index is 12.6. The van der Waals surface area contributed by atoms with Gasteiger partial charge in [0.15, 0.2) is 0 Å². The lowest BCUT2D eigenvalue weighted by Crippen LogP contribution is -2.45. The van der Waals surface area contributed by atoms with Crippen LogP contribution in [0, 0.1) is 0 Å². The van der Waals surface area contributed by atoms with E-state index in [4.69, 9.17) is 5.11 Å². The second-order valence-electron chi connectivity index (χ2n) is 4.81. The first-order valence-electron chi connectivity index (χ1n) is 6.82. The summed E-state index contributed by atoms with van der Waals surface area (Å²) in [6, 6.07) is 3.90. The molecule has 1 heterocycles. The number of hydrogen-bond donors (Lipinski definition) is 2. The van der Waals surface area contributed by atoms with Crippen LogP contribution in [0.5, 0.6) is 0 Å². The molecule has 1 aromatic heterocycles. The van der Waals surface area contributed by atoms with Crippen LogP contribution in [0.4, 0.5) is 5.82 Å². The molecule has 1 aliphatic carbocycles. The second kappa shape index (κ2) is 6.52. The van der Waals surface area contributed by atoms with Crippen molar-refractivity contribution >= 4 is 11.7 Å². The van der Waals surface area contributed by atoms with E-state index in [1.165, 1.54) is 6.42 Å². The van der Waals surface area contributed by atoms with Crippen molar-refractivity contribution in [3.63, 3.8) is 0 Å². The maximum Gasteiger partial charge on any atom is 0.257 e. The molecule has 0 aromatic carbocycles. The molecule has 0 aliphatic heterocycles. The van der Waals surface area contributed by atoms with Crippen LogP contribution in [-0.4, -0.2) is 47.1 Å². The van der Waals surface area contributed by atoms with E-state index in [9.17, 15) is 4.79 Å². The van der Waals surface area contributed by atoms with E-state index in [1.54, 1.807) is 25.4 Å². The number of carbonyl (C=O) groups excluding carboxylic acids is 1. The molecular formula is C14H21N3O2. The Morgan fingerprint density at radius 1 is 1.58 bits per heavy atom. The van der Waals surface area contributed by atoms with Gasteiger partial charge in [-0.1, -0.05) is 0 Å². The van der Waals surface area contributed by atoms with Gasteiger partial charge in [0.05, 0.1) is 5.56 Å². The largest absolute Gasteiger partial charge is 0.396 e. The lowest BCUT2D eigenvalue weighted by molar-refractivity contribution is 0.0563. The Morgan fingerprint density at radius 3 is 2.95 bits per heavy atom. The van der Waals surface area contributed by atoms with Crippen LogP contribution in [0.2, 0.25) is 0 Å². The van der Waals surface area contributed by atoms with Gasteiger partial charge in [0, 0.05) is 32.4 Å². The molecule has 2 rings (SSSR count). The number of carbonyl (C=O) groups is 1. The van der Waals surface area contributed by atoms with Gasteiger partial charge in [-0.25, -0.2) is 4.98 Å². The number of nitrogens with one attached hydrogen (secondary N) is 1. The Hall–Kier alpha value is -1.62. The molecule has 1 amide bonds. The van der Waals surface area contributed by atoms with Crippen LogP contribution in [0.1, 0.15) is 36.0 Å². The van der Waals surface area contributed by atoms with Crippen LogP contribution in [0.15, 0.2) is 18.3 Å². The van der Waals surface area contributed by atoms with Crippen LogP contribution in [0.25, 0.3) is 0 Å². The van der Waals surface area contributed by atoms with Crippen molar-refractivity contribution in [3.8, 4) is 0 Å². The van der Waals surface area contributed by atoms with Crippen molar-refractivity contribution in [2.24, 2.45) is 0 Å². The van der Waals surface area contributed by atoms with E-state index < -0.39 is 0 Å². The number of amides is 1. The number of pyridine rings is 1. The Bertz CT molecular complexity index is 432. The molecular weight excluding hydrogens is 242 g/mol. The Labute approximate surface area is 113 Å². The quantitative estimate of drug-likeness (QED) is 0.816. The number of aliphatic hydroxyl groups is 1. The van der Waals surface area contributed by atoms with Gasteiger partial charge in [0.25, 0.3) is 5.91 Å². The molecule has 1 fully saturated rings. The normalized spacial score (nSPS) is 14.8. The molecule has 0 saturated heterocycles. The van der Waals surface area contributed by atoms with E-state index in [2.05, 4.69) is 10.3 Å². The van der Waals surface area contributed by atoms with Crippen molar-refractivity contribution in [2.45, 2.75) is 31.7 Å². The number of aliphatic hydroxyl groups excluding tert-OH is 1. The van der Waals surface area contributed by atoms with Crippen molar-refractivity contribution in [1.29, 1.82) is 0 Å². The molecule has 0 unspecified atom stereocenters. The van der Waals surface area contributed by atoms with Gasteiger partial charge in [-0.15, -0.1) is 0 Å². The van der Waals surface area contributed by atoms with E-state index in [0.29, 0.717) is 30.4 Å². The summed E-state index contributed by atoms with van der Waals surface area (Å²) in [5.41, 5.74) is 0.606. The number of rotatable bonds is 6. The zero-order valence-corrected chi connectivity index (χ0v) is 11.3. The summed E-state index contributed by atoms with van der Waals surface area (Å²) in [4.78, 5) is 18.7. The summed E-state index contributed by atoms with van der Waals surface area (Å²) in [7, 11) is 1.76. The van der Waals surface area contributed by atoms with Crippen LogP contribution in [0.3, 0.4) is 0 Å². The standard InChI is InChI=1S/C14H21N3O2/c1-15-13-12(7-3-8-16-13)14(19)17(9-4-10-18)11-5-2-6-11/h3,7-8,11,18H,2,4-6,9-10H2,1H3,(H,15,16). The predicted molar refractivity (Wildman–Crippen MR) is 74.2 cm³/mol. The average molecular weight is 263 g/mol. The molecule has 0 radical (unpaired) electrons. The van der Waals surface area contributed by atoms with Crippen LogP contribution < -0.4 is 5.32 Å². The Kier molecular flexibility index (Phi) is 4.74. The molecule has 0 spiro atoms. The van der Waals surface area contributed by atoms with Crippen molar-refractivity contribution in [3.05, 3.63) is 23.9 Å². The molecule has 0 bridgehead atoms. The minimum Gasteiger partial charge on any atom is -0.396 e. The average Bonchev–Trinajstić information content (AvgIpc) is 2.40. The number of aromatic nitrogens is 1. The Balaban J connectivity index is 2.17. The monoisotopic (exact) mass is 263 g/mol. The lowest BCUT2D eigenvalue weighted by atomic mass is 9.91. The number of anilines is 1. The number of nitrogens with zero attached hydrogens (tertiary/aromatic N) is 2. The summed E-state index contributed by atoms with van der Waals surface area (Å²) >= 11 is 0. The minimum atomic E-state index is 0.00981. The summed E-state index contributed by atoms with van der Waals surface area (Å²) < 4.78 is 0. The van der Waals surface area contributed by atoms with E-state index in [1.807, 2.05) is 4.90 Å². The van der Waals surface area contributed by atoms with Crippen LogP contribution in [-0.2, 0) is 0 Å². The van der Waals surface area contributed by atoms with Gasteiger partial charge in [0.1, 0.15) is 5.82 Å². The summed E-state index contributed by atoms with van der Waals surface area (Å²) in [6.45, 7) is 0.723. The molecule has 5 heteroatoms. The van der Waals surface area contributed by atoms with Gasteiger partial charge >= 0.3 is 0 Å². The molecule has 1 aliphatic rings. The van der Waals surface area contributed by atoms with Crippen molar-refractivity contribution < 1.29 is 9.90 Å². The fraction of sp³-hybridized carbons (Fsp3) is 0.571. The van der Waals surface area contributed by atoms with Gasteiger partial charge in [-0.05, 0) is 37.8 Å². The van der Waals surface area contributed by atoms with Crippen molar-refractivity contribution in [2.75, 3.05) is 25.5 Å². The van der Waals surface area contributed by atoms with E-state index in [-0.39, 0.29) is 12.5 Å². The first-order chi connectivity index (χ1) is 9.27. The highest BCUT2D eigenvalue weighted by Gasteiger charge is 2.30. The zero-order valence-electron chi connectivity index (χ0n) is 11.3. The summed E-state index contributed by atoms with van der Waals surface area (Å²) in [6.07, 6.45) is 5.60. The van der Waals surface area contributed by atoms with E-state index in [0.717, 1.165) is 12.8 Å². The van der Waals surface area contributed by atoms with Crippen molar-refractivity contribution in [1.82, 2.24) is 9.88 Å². The number of hydrogen-bond acceptors (Lipinski definition) is 4. The second-order valence-corrected chi connectivity index (χ2v) is 4.81. The zero-order chi connectivity index (χ0) is 13.7. The van der Waals surface area contributed by atoms with E-state index >= 15 is 0 Å². The molecule has 2 N–H and O–H groups in total. The maximum atomic E-state index is 12.6. The third kappa shape index (κ3) is 3.04. The first-order valence-corrected chi connectivity index (χ1v) is 6.82. The first kappa shape index (κ1) is 13.8. The smallest absolute Gasteiger partial charge is 0.257 e. The molecule has 0 atom stereocenters. The molecule has 5 nitrogen and oxygen atoms in total. The molecule has 104 valence electrons. The lowest BCUT2D eigenvalue weighted by Gasteiger charge is -2.37. The van der Waals surface area contributed by atoms with Gasteiger partial charge in [-0.3, -0.25) is 4.79 Å². The summed E-state index contributed by atoms with van der Waals surface area (Å²) in [5, 5.41) is 11.9. The fourth-order valence-corrected chi connectivity index (χ4v) is 2.32. The highest BCUT2D eigenvalue weighted by atomic mass is 16.3. The van der Waals surface area contributed by atoms with Crippen LogP contribution >= 0.6 is 0 Å². The molecule has 1 aromatic rings. The topological polar surface area (TPSA) is 65.5 Å². The predicted octanol–water partition coefficient (Wildman–Crippen LogP) is 1.50. The Morgan fingerprint density at radius 2 is 2.37 bits per heavy atom. The molecule has 19 heavy (non-hydrogen) atoms. The van der Waals surface area contributed by atoms with Gasteiger partial charge < -0.3 is 15.3 Å². The van der Waals surface area contributed by atoms with Gasteiger partial charge in [-0.2, -0.15) is 0 Å². The van der Waals surface area contributed by atoms with Gasteiger partial charge in [0.2, 0.25) is 0 Å². The third-order valence-corrected chi connectivity index (χ3v) is 3.61. The summed E-state index contributed by atoms with van der Waals surface area (Å²) in [5.74, 6) is 0.622. The third-order valence-electron chi connectivity index (χ3n) is 3.61. The minimum absolute atomic E-state index is 0.00981.